The maximum Gasteiger partial charge on any atom is 0.0373 e. The van der Waals surface area contributed by atoms with Crippen LogP contribution >= 0.6 is 0 Å². The number of nitrogens with one attached hydrogen (secondary N) is 1. The summed E-state index contributed by atoms with van der Waals surface area (Å²) in [5.74, 6) is 0. The maximum absolute atomic E-state index is 3.45. The van der Waals surface area contributed by atoms with E-state index in [1.807, 2.05) is 0 Å². The molecule has 20 heavy (non-hydrogen) atoms. The minimum atomic E-state index is 0.790. The third-order valence-corrected chi connectivity index (χ3v) is 5.52. The fraction of sp³-hybridized carbons (Fsp3) is 0.647. The summed E-state index contributed by atoms with van der Waals surface area (Å²) in [6, 6.07) is 8.63. The summed E-state index contributed by atoms with van der Waals surface area (Å²) in [6.07, 6.45) is 5.35. The van der Waals surface area contributed by atoms with Gasteiger partial charge in [0, 0.05) is 44.0 Å². The summed E-state index contributed by atoms with van der Waals surface area (Å²) in [5, 5.41) is 3.45. The third-order valence-electron chi connectivity index (χ3n) is 5.52. The molecule has 2 unspecified atom stereocenters. The van der Waals surface area contributed by atoms with Gasteiger partial charge in [-0.3, -0.25) is 9.80 Å². The summed E-state index contributed by atoms with van der Waals surface area (Å²) in [7, 11) is 2.33. The number of likely N-dealkylation sites (tertiary alicyclic amines) is 1. The lowest BCUT2D eigenvalue weighted by Gasteiger charge is -2.25. The fourth-order valence-corrected chi connectivity index (χ4v) is 4.24. The van der Waals surface area contributed by atoms with E-state index in [2.05, 4.69) is 40.4 Å². The highest BCUT2D eigenvalue weighted by Gasteiger charge is 2.34. The Morgan fingerprint density at radius 1 is 1.20 bits per heavy atom. The highest BCUT2D eigenvalue weighted by Crippen LogP contribution is 2.29. The molecule has 1 aromatic carbocycles. The van der Waals surface area contributed by atoms with Gasteiger partial charge in [-0.25, -0.2) is 0 Å². The number of fused-ring (bicyclic) bond motifs is 3. The van der Waals surface area contributed by atoms with E-state index in [-0.39, 0.29) is 0 Å². The van der Waals surface area contributed by atoms with Gasteiger partial charge in [0.1, 0.15) is 0 Å². The van der Waals surface area contributed by atoms with E-state index in [9.17, 15) is 0 Å². The molecule has 2 fully saturated rings. The lowest BCUT2D eigenvalue weighted by atomic mass is 10.1. The smallest absolute Gasteiger partial charge is 0.0373 e. The molecule has 2 saturated heterocycles. The Bertz CT molecular complexity index is 499. The van der Waals surface area contributed by atoms with Crippen molar-refractivity contribution in [1.29, 1.82) is 0 Å². The number of anilines is 1. The zero-order valence-corrected chi connectivity index (χ0v) is 12.4. The molecular weight excluding hydrogens is 246 g/mol. The van der Waals surface area contributed by atoms with Gasteiger partial charge in [0.05, 0.1) is 0 Å². The molecule has 1 aromatic rings. The van der Waals surface area contributed by atoms with Crippen LogP contribution in [0.3, 0.4) is 0 Å². The van der Waals surface area contributed by atoms with Gasteiger partial charge in [0.2, 0.25) is 0 Å². The van der Waals surface area contributed by atoms with Gasteiger partial charge in [-0.05, 0) is 49.9 Å². The van der Waals surface area contributed by atoms with Crippen molar-refractivity contribution in [3.05, 3.63) is 29.3 Å². The molecule has 0 aliphatic carbocycles. The molecular formula is C17H25N3. The van der Waals surface area contributed by atoms with Gasteiger partial charge in [-0.2, -0.15) is 0 Å². The molecule has 3 aliphatic rings. The van der Waals surface area contributed by atoms with Gasteiger partial charge < -0.3 is 5.32 Å². The van der Waals surface area contributed by atoms with Crippen LogP contribution in [0.1, 0.15) is 30.4 Å². The second-order valence-corrected chi connectivity index (χ2v) is 6.74. The number of nitrogens with zero attached hydrogens (tertiary/aromatic N) is 2. The molecule has 2 bridgehead atoms. The van der Waals surface area contributed by atoms with E-state index in [1.165, 1.54) is 55.6 Å². The fourth-order valence-electron chi connectivity index (χ4n) is 4.24. The molecule has 0 spiro atoms. The Morgan fingerprint density at radius 2 is 2.10 bits per heavy atom. The van der Waals surface area contributed by atoms with Crippen LogP contribution in [0, 0.1) is 0 Å². The zero-order valence-electron chi connectivity index (χ0n) is 12.4. The third kappa shape index (κ3) is 2.23. The Morgan fingerprint density at radius 3 is 3.05 bits per heavy atom. The van der Waals surface area contributed by atoms with E-state index in [0.29, 0.717) is 0 Å². The first-order chi connectivity index (χ1) is 9.79. The number of hydrogen-bond donors (Lipinski definition) is 1. The molecule has 3 aliphatic heterocycles. The molecule has 3 heterocycles. The van der Waals surface area contributed by atoms with Crippen LogP contribution in [0.25, 0.3) is 0 Å². The number of benzene rings is 1. The van der Waals surface area contributed by atoms with E-state index >= 15 is 0 Å². The molecule has 0 amide bonds. The number of hydrogen-bond acceptors (Lipinski definition) is 3. The average Bonchev–Trinajstić information content (AvgIpc) is 2.98. The molecule has 2 atom stereocenters. The summed E-state index contributed by atoms with van der Waals surface area (Å²) >= 11 is 0. The molecule has 3 nitrogen and oxygen atoms in total. The molecule has 3 heteroatoms. The highest BCUT2D eigenvalue weighted by atomic mass is 15.3. The van der Waals surface area contributed by atoms with Crippen LogP contribution in [0.2, 0.25) is 0 Å². The lowest BCUT2D eigenvalue weighted by Crippen LogP contribution is -2.36. The van der Waals surface area contributed by atoms with Crippen LogP contribution in [0.15, 0.2) is 18.2 Å². The van der Waals surface area contributed by atoms with Crippen LogP contribution in [-0.4, -0.2) is 48.6 Å². The van der Waals surface area contributed by atoms with Crippen molar-refractivity contribution >= 4 is 5.69 Å². The van der Waals surface area contributed by atoms with Crippen LogP contribution in [0.5, 0.6) is 0 Å². The minimum Gasteiger partial charge on any atom is -0.384 e. The van der Waals surface area contributed by atoms with Crippen molar-refractivity contribution in [1.82, 2.24) is 9.80 Å². The normalized spacial score (nSPS) is 30.1. The van der Waals surface area contributed by atoms with Crippen molar-refractivity contribution in [2.45, 2.75) is 44.3 Å². The Labute approximate surface area is 121 Å². The summed E-state index contributed by atoms with van der Waals surface area (Å²) in [4.78, 5) is 5.30. The molecule has 0 radical (unpaired) electrons. The van der Waals surface area contributed by atoms with Gasteiger partial charge in [0.25, 0.3) is 0 Å². The first-order valence-corrected chi connectivity index (χ1v) is 8.09. The monoisotopic (exact) mass is 271 g/mol. The Hall–Kier alpha value is -1.06. The standard InChI is InChI=1S/C17H25N3/c1-19-15-3-4-16(19)12-20(9-7-15)11-13-2-5-17-14(10-13)6-8-18-17/h2,5,10,15-16,18H,3-4,6-9,11-12H2,1H3. The van der Waals surface area contributed by atoms with Crippen molar-refractivity contribution in [3.8, 4) is 0 Å². The second kappa shape index (κ2) is 5.05. The van der Waals surface area contributed by atoms with E-state index in [0.717, 1.165) is 25.2 Å². The zero-order chi connectivity index (χ0) is 13.5. The van der Waals surface area contributed by atoms with Crippen molar-refractivity contribution in [2.75, 3.05) is 32.0 Å². The molecule has 0 saturated carbocycles. The SMILES string of the molecule is CN1C2CCC1CN(Cc1ccc3c(c1)CCN3)CC2. The largest absolute Gasteiger partial charge is 0.384 e. The second-order valence-electron chi connectivity index (χ2n) is 6.74. The van der Waals surface area contributed by atoms with Crippen LogP contribution in [-0.2, 0) is 13.0 Å². The summed E-state index contributed by atoms with van der Waals surface area (Å²) < 4.78 is 0. The Kier molecular flexibility index (Phi) is 3.20. The maximum atomic E-state index is 3.45. The topological polar surface area (TPSA) is 18.5 Å². The van der Waals surface area contributed by atoms with E-state index in [4.69, 9.17) is 0 Å². The van der Waals surface area contributed by atoms with Crippen LogP contribution < -0.4 is 5.32 Å². The van der Waals surface area contributed by atoms with Gasteiger partial charge in [-0.1, -0.05) is 12.1 Å². The van der Waals surface area contributed by atoms with E-state index < -0.39 is 0 Å². The first-order valence-electron chi connectivity index (χ1n) is 8.09. The van der Waals surface area contributed by atoms with Gasteiger partial charge >= 0.3 is 0 Å². The lowest BCUT2D eigenvalue weighted by molar-refractivity contribution is 0.214. The van der Waals surface area contributed by atoms with Crippen molar-refractivity contribution in [3.63, 3.8) is 0 Å². The molecule has 4 rings (SSSR count). The van der Waals surface area contributed by atoms with Gasteiger partial charge in [0.15, 0.2) is 0 Å². The summed E-state index contributed by atoms with van der Waals surface area (Å²) in [5.41, 5.74) is 4.35. The van der Waals surface area contributed by atoms with Gasteiger partial charge in [-0.15, -0.1) is 0 Å². The Balaban J connectivity index is 1.46. The number of likely N-dealkylation sites (N-methyl/N-ethyl adjacent to an activating group) is 1. The van der Waals surface area contributed by atoms with Crippen molar-refractivity contribution in [2.24, 2.45) is 0 Å². The van der Waals surface area contributed by atoms with E-state index in [1.54, 1.807) is 0 Å². The highest BCUT2D eigenvalue weighted by molar-refractivity contribution is 5.56. The first kappa shape index (κ1) is 12.7. The predicted octanol–water partition coefficient (Wildman–Crippen LogP) is 2.32. The summed E-state index contributed by atoms with van der Waals surface area (Å²) in [6.45, 7) is 4.75. The molecule has 1 N–H and O–H groups in total. The van der Waals surface area contributed by atoms with Crippen molar-refractivity contribution < 1.29 is 0 Å². The number of rotatable bonds is 2. The molecule has 108 valence electrons. The predicted molar refractivity (Wildman–Crippen MR) is 83.1 cm³/mol. The quantitative estimate of drug-likeness (QED) is 0.890. The van der Waals surface area contributed by atoms with Crippen LogP contribution in [0.4, 0.5) is 5.69 Å². The molecule has 0 aromatic heterocycles. The minimum absolute atomic E-state index is 0.790. The average molecular weight is 271 g/mol.